The van der Waals surface area contributed by atoms with Crippen molar-refractivity contribution in [2.75, 3.05) is 0 Å². The van der Waals surface area contributed by atoms with Crippen LogP contribution in [0.3, 0.4) is 0 Å². The first-order valence-electron chi connectivity index (χ1n) is 5.96. The molecule has 7 heteroatoms. The summed E-state index contributed by atoms with van der Waals surface area (Å²) in [5.74, 6) is -0.319. The summed E-state index contributed by atoms with van der Waals surface area (Å²) in [7, 11) is 0. The van der Waals surface area contributed by atoms with E-state index >= 15 is 0 Å². The highest BCUT2D eigenvalue weighted by molar-refractivity contribution is 5.50. The van der Waals surface area contributed by atoms with Gasteiger partial charge >= 0.3 is 12.3 Å². The molecule has 2 rings (SSSR count). The van der Waals surface area contributed by atoms with Crippen molar-refractivity contribution in [3.05, 3.63) is 64.2 Å². The van der Waals surface area contributed by atoms with E-state index < -0.39 is 11.5 Å². The molecule has 0 bridgehead atoms. The van der Waals surface area contributed by atoms with Crippen molar-refractivity contribution in [1.29, 1.82) is 0 Å². The minimum absolute atomic E-state index is 0.0831. The van der Waals surface area contributed by atoms with E-state index in [-0.39, 0.29) is 23.8 Å². The van der Waals surface area contributed by atoms with Crippen molar-refractivity contribution in [2.24, 2.45) is 0 Å². The Hall–Kier alpha value is -2.70. The predicted octanol–water partition coefficient (Wildman–Crippen LogP) is 3.78. The molecule has 0 unspecified atom stereocenters. The summed E-state index contributed by atoms with van der Waals surface area (Å²) in [5, 5.41) is 10.9. The third-order valence-electron chi connectivity index (χ3n) is 2.59. The molecular weight excluding hydrogens is 284 g/mol. The van der Waals surface area contributed by atoms with E-state index in [1.165, 1.54) is 0 Å². The highest BCUT2D eigenvalue weighted by Crippen LogP contribution is 2.32. The SMILES string of the molecule is O=[N+]([O-])c1ccc(OC(F)F)cc1OCc1ccccc1. The van der Waals surface area contributed by atoms with Gasteiger partial charge in [-0.3, -0.25) is 10.1 Å². The van der Waals surface area contributed by atoms with E-state index in [4.69, 9.17) is 4.74 Å². The van der Waals surface area contributed by atoms with Gasteiger partial charge < -0.3 is 9.47 Å². The first-order chi connectivity index (χ1) is 10.1. The second-order valence-corrected chi connectivity index (χ2v) is 4.04. The van der Waals surface area contributed by atoms with Gasteiger partial charge in [-0.2, -0.15) is 8.78 Å². The lowest BCUT2D eigenvalue weighted by molar-refractivity contribution is -0.386. The van der Waals surface area contributed by atoms with Crippen molar-refractivity contribution in [3.63, 3.8) is 0 Å². The van der Waals surface area contributed by atoms with Gasteiger partial charge in [0.2, 0.25) is 5.75 Å². The van der Waals surface area contributed by atoms with Gasteiger partial charge in [-0.05, 0) is 11.6 Å². The predicted molar refractivity (Wildman–Crippen MR) is 70.5 cm³/mol. The van der Waals surface area contributed by atoms with Crippen LogP contribution in [0.2, 0.25) is 0 Å². The molecule has 2 aromatic rings. The number of nitro groups is 1. The van der Waals surface area contributed by atoms with Gasteiger partial charge in [0.15, 0.2) is 0 Å². The number of rotatable bonds is 6. The molecule has 0 atom stereocenters. The fourth-order valence-electron chi connectivity index (χ4n) is 1.67. The number of ether oxygens (including phenoxy) is 2. The highest BCUT2D eigenvalue weighted by atomic mass is 19.3. The zero-order valence-electron chi connectivity index (χ0n) is 10.7. The van der Waals surface area contributed by atoms with Crippen molar-refractivity contribution in [1.82, 2.24) is 0 Å². The largest absolute Gasteiger partial charge is 0.482 e. The lowest BCUT2D eigenvalue weighted by Crippen LogP contribution is -2.04. The van der Waals surface area contributed by atoms with Gasteiger partial charge in [-0.1, -0.05) is 30.3 Å². The zero-order valence-corrected chi connectivity index (χ0v) is 10.7. The van der Waals surface area contributed by atoms with Crippen molar-refractivity contribution in [2.45, 2.75) is 13.2 Å². The van der Waals surface area contributed by atoms with Crippen LogP contribution in [-0.4, -0.2) is 11.5 Å². The monoisotopic (exact) mass is 295 g/mol. The molecule has 0 radical (unpaired) electrons. The molecule has 0 aliphatic rings. The molecule has 21 heavy (non-hydrogen) atoms. The van der Waals surface area contributed by atoms with E-state index in [9.17, 15) is 18.9 Å². The van der Waals surface area contributed by atoms with Gasteiger partial charge in [0.05, 0.1) is 4.92 Å². The number of hydrogen-bond acceptors (Lipinski definition) is 4. The number of hydrogen-bond donors (Lipinski definition) is 0. The fourth-order valence-corrected chi connectivity index (χ4v) is 1.67. The summed E-state index contributed by atoms with van der Waals surface area (Å²) >= 11 is 0. The second kappa shape index (κ2) is 6.65. The van der Waals surface area contributed by atoms with Crippen LogP contribution in [0.25, 0.3) is 0 Å². The lowest BCUT2D eigenvalue weighted by Gasteiger charge is -2.09. The van der Waals surface area contributed by atoms with Crippen LogP contribution in [0.1, 0.15) is 5.56 Å². The Morgan fingerprint density at radius 2 is 1.86 bits per heavy atom. The van der Waals surface area contributed by atoms with E-state index in [2.05, 4.69) is 4.74 Å². The van der Waals surface area contributed by atoms with Crippen LogP contribution in [0.4, 0.5) is 14.5 Å². The molecule has 2 aromatic carbocycles. The van der Waals surface area contributed by atoms with E-state index in [0.717, 1.165) is 23.8 Å². The molecule has 0 saturated heterocycles. The number of nitrogens with zero attached hydrogens (tertiary/aromatic N) is 1. The summed E-state index contributed by atoms with van der Waals surface area (Å²) in [5.41, 5.74) is 0.486. The molecule has 0 heterocycles. The number of halogens is 2. The third kappa shape index (κ3) is 4.13. The zero-order chi connectivity index (χ0) is 15.2. The summed E-state index contributed by atoms with van der Waals surface area (Å²) in [6, 6.07) is 12.2. The molecule has 0 N–H and O–H groups in total. The molecule has 110 valence electrons. The maximum Gasteiger partial charge on any atom is 0.387 e. The van der Waals surface area contributed by atoms with Gasteiger partial charge in [0.25, 0.3) is 0 Å². The average molecular weight is 295 g/mol. The van der Waals surface area contributed by atoms with Crippen LogP contribution >= 0.6 is 0 Å². The highest BCUT2D eigenvalue weighted by Gasteiger charge is 2.17. The van der Waals surface area contributed by atoms with Gasteiger partial charge in [0.1, 0.15) is 12.4 Å². The summed E-state index contributed by atoms with van der Waals surface area (Å²) in [6.07, 6.45) is 0. The van der Waals surface area contributed by atoms with Crippen molar-refractivity contribution < 1.29 is 23.2 Å². The summed E-state index contributed by atoms with van der Waals surface area (Å²) in [6.45, 7) is -2.92. The number of nitro benzene ring substituents is 1. The second-order valence-electron chi connectivity index (χ2n) is 4.04. The van der Waals surface area contributed by atoms with Gasteiger partial charge in [0, 0.05) is 12.1 Å². The fraction of sp³-hybridized carbons (Fsp3) is 0.143. The Kier molecular flexibility index (Phi) is 4.65. The van der Waals surface area contributed by atoms with Crippen LogP contribution in [0.15, 0.2) is 48.5 Å². The normalized spacial score (nSPS) is 10.4. The third-order valence-corrected chi connectivity index (χ3v) is 2.59. The standard InChI is InChI=1S/C14H11F2NO4/c15-14(16)21-11-6-7-12(17(18)19)13(8-11)20-9-10-4-2-1-3-5-10/h1-8,14H,9H2. The summed E-state index contributed by atoms with van der Waals surface area (Å²) in [4.78, 5) is 10.3. The lowest BCUT2D eigenvalue weighted by atomic mass is 10.2. The Labute approximate surface area is 118 Å². The van der Waals surface area contributed by atoms with Crippen molar-refractivity contribution >= 4 is 5.69 Å². The maximum absolute atomic E-state index is 12.2. The van der Waals surface area contributed by atoms with E-state index in [1.54, 1.807) is 24.3 Å². The molecule has 5 nitrogen and oxygen atoms in total. The quantitative estimate of drug-likeness (QED) is 0.601. The van der Waals surface area contributed by atoms with Gasteiger partial charge in [-0.15, -0.1) is 0 Å². The van der Waals surface area contributed by atoms with Crippen molar-refractivity contribution in [3.8, 4) is 11.5 Å². The van der Waals surface area contributed by atoms with E-state index in [1.807, 2.05) is 6.07 Å². The Bertz CT molecular complexity index is 620. The molecule has 0 spiro atoms. The molecule has 0 saturated carbocycles. The topological polar surface area (TPSA) is 61.6 Å². The molecule has 0 aliphatic heterocycles. The van der Waals surface area contributed by atoms with Gasteiger partial charge in [-0.25, -0.2) is 0 Å². The first kappa shape index (κ1) is 14.7. The maximum atomic E-state index is 12.2. The molecule has 0 aromatic heterocycles. The Balaban J connectivity index is 2.20. The average Bonchev–Trinajstić information content (AvgIpc) is 2.45. The minimum Gasteiger partial charge on any atom is -0.482 e. The molecular formula is C14H11F2NO4. The first-order valence-corrected chi connectivity index (χ1v) is 5.96. The number of alkyl halides is 2. The van der Waals surface area contributed by atoms with Crippen LogP contribution in [-0.2, 0) is 6.61 Å². The van der Waals surface area contributed by atoms with Crippen LogP contribution < -0.4 is 9.47 Å². The summed E-state index contributed by atoms with van der Waals surface area (Å²) < 4.78 is 33.9. The Morgan fingerprint density at radius 3 is 2.48 bits per heavy atom. The van der Waals surface area contributed by atoms with Crippen LogP contribution in [0.5, 0.6) is 11.5 Å². The molecule has 0 aliphatic carbocycles. The molecule has 0 amide bonds. The van der Waals surface area contributed by atoms with Crippen LogP contribution in [0, 0.1) is 10.1 Å². The Morgan fingerprint density at radius 1 is 1.14 bits per heavy atom. The van der Waals surface area contributed by atoms with E-state index in [0.29, 0.717) is 0 Å². The molecule has 0 fully saturated rings. The minimum atomic E-state index is -3.01. The number of benzene rings is 2. The smallest absolute Gasteiger partial charge is 0.387 e.